The van der Waals surface area contributed by atoms with Crippen LogP contribution in [0.15, 0.2) is 17.0 Å². The highest BCUT2D eigenvalue weighted by atomic mass is 35.5. The molecule has 0 spiro atoms. The summed E-state index contributed by atoms with van der Waals surface area (Å²) in [6, 6.07) is 4.12. The van der Waals surface area contributed by atoms with Crippen molar-refractivity contribution in [3.63, 3.8) is 0 Å². The fourth-order valence-corrected chi connectivity index (χ4v) is 5.66. The summed E-state index contributed by atoms with van der Waals surface area (Å²) in [6.07, 6.45) is 1.67. The zero-order valence-electron chi connectivity index (χ0n) is 17.0. The quantitative estimate of drug-likeness (QED) is 0.377. The smallest absolute Gasteiger partial charge is 0.257 e. The summed E-state index contributed by atoms with van der Waals surface area (Å²) >= 11 is 8.26. The van der Waals surface area contributed by atoms with Gasteiger partial charge in [0.15, 0.2) is 0 Å². The molecule has 0 aliphatic heterocycles. The highest BCUT2D eigenvalue weighted by Gasteiger charge is 2.36. The van der Waals surface area contributed by atoms with E-state index in [2.05, 4.69) is 46.5 Å². The molecular weight excluding hydrogens is 370 g/mol. The molecule has 142 valence electrons. The van der Waals surface area contributed by atoms with E-state index in [9.17, 15) is 4.79 Å². The Labute approximate surface area is 163 Å². The molecule has 6 heteroatoms. The molecule has 1 unspecified atom stereocenters. The third kappa shape index (κ3) is 5.03. The standard InChI is InChI=1S/C19H32ClNO2SSi/c1-10-21(18(23-5)19(2,3)4)17(22)15-14(25(7,8)9)12-11-13(24-6)16(15)20/h11-12,18H,10H2,1-9H3. The lowest BCUT2D eigenvalue weighted by Crippen LogP contribution is -2.51. The van der Waals surface area contributed by atoms with Crippen LogP contribution in [0.1, 0.15) is 38.1 Å². The van der Waals surface area contributed by atoms with Gasteiger partial charge in [0.05, 0.1) is 18.7 Å². The van der Waals surface area contributed by atoms with Crippen molar-refractivity contribution in [3.05, 3.63) is 22.7 Å². The van der Waals surface area contributed by atoms with Crippen LogP contribution in [-0.2, 0) is 4.74 Å². The molecule has 1 atom stereocenters. The van der Waals surface area contributed by atoms with E-state index in [0.717, 1.165) is 10.1 Å². The number of halogens is 1. The molecular formula is C19H32ClNO2SSi. The largest absolute Gasteiger partial charge is 0.361 e. The van der Waals surface area contributed by atoms with Gasteiger partial charge in [0.25, 0.3) is 5.91 Å². The van der Waals surface area contributed by atoms with Crippen LogP contribution in [0.2, 0.25) is 24.7 Å². The Hall–Kier alpha value is -0.493. The number of nitrogens with zero attached hydrogens (tertiary/aromatic N) is 1. The molecule has 1 amide bonds. The minimum atomic E-state index is -1.74. The second-order valence-corrected chi connectivity index (χ2v) is 14.6. The van der Waals surface area contributed by atoms with E-state index in [1.54, 1.807) is 23.8 Å². The molecule has 0 aliphatic carbocycles. The molecule has 0 heterocycles. The number of carbonyl (C=O) groups excluding carboxylic acids is 1. The Balaban J connectivity index is 3.58. The Kier molecular flexibility index (Phi) is 7.63. The predicted molar refractivity (Wildman–Crippen MR) is 113 cm³/mol. The van der Waals surface area contributed by atoms with E-state index in [4.69, 9.17) is 16.3 Å². The fraction of sp³-hybridized carbons (Fsp3) is 0.632. The molecule has 0 radical (unpaired) electrons. The zero-order valence-corrected chi connectivity index (χ0v) is 19.6. The lowest BCUT2D eigenvalue weighted by molar-refractivity contribution is -0.0792. The average molecular weight is 402 g/mol. The van der Waals surface area contributed by atoms with E-state index in [1.165, 1.54) is 0 Å². The van der Waals surface area contributed by atoms with Gasteiger partial charge >= 0.3 is 0 Å². The van der Waals surface area contributed by atoms with Crippen LogP contribution in [0.5, 0.6) is 0 Å². The molecule has 1 aromatic rings. The molecule has 1 rings (SSSR count). The maximum atomic E-state index is 13.6. The van der Waals surface area contributed by atoms with Gasteiger partial charge in [-0.15, -0.1) is 11.8 Å². The van der Waals surface area contributed by atoms with E-state index < -0.39 is 8.07 Å². The van der Waals surface area contributed by atoms with Gasteiger partial charge in [0.2, 0.25) is 0 Å². The summed E-state index contributed by atoms with van der Waals surface area (Å²) in [7, 11) is -0.0813. The third-order valence-electron chi connectivity index (χ3n) is 4.20. The van der Waals surface area contributed by atoms with Crippen molar-refractivity contribution in [2.45, 2.75) is 58.5 Å². The lowest BCUT2D eigenvalue weighted by atomic mass is 9.92. The van der Waals surface area contributed by atoms with Crippen molar-refractivity contribution in [2.24, 2.45) is 5.41 Å². The van der Waals surface area contributed by atoms with Crippen molar-refractivity contribution in [1.82, 2.24) is 4.90 Å². The first kappa shape index (κ1) is 22.5. The molecule has 0 aromatic heterocycles. The van der Waals surface area contributed by atoms with Crippen molar-refractivity contribution >= 4 is 42.5 Å². The Morgan fingerprint density at radius 1 is 1.32 bits per heavy atom. The van der Waals surface area contributed by atoms with Gasteiger partial charge in [-0.05, 0) is 24.4 Å². The van der Waals surface area contributed by atoms with Crippen LogP contribution in [-0.4, -0.2) is 45.0 Å². The molecule has 3 nitrogen and oxygen atoms in total. The van der Waals surface area contributed by atoms with Crippen LogP contribution < -0.4 is 5.19 Å². The van der Waals surface area contributed by atoms with Gasteiger partial charge in [-0.3, -0.25) is 4.79 Å². The van der Waals surface area contributed by atoms with Crippen LogP contribution in [0.3, 0.4) is 0 Å². The number of hydrogen-bond acceptors (Lipinski definition) is 3. The highest BCUT2D eigenvalue weighted by Crippen LogP contribution is 2.32. The first-order valence-electron chi connectivity index (χ1n) is 8.60. The number of hydrogen-bond donors (Lipinski definition) is 0. The number of thioether (sulfide) groups is 1. The lowest BCUT2D eigenvalue weighted by Gasteiger charge is -2.39. The molecule has 0 fully saturated rings. The summed E-state index contributed by atoms with van der Waals surface area (Å²) in [6.45, 7) is 15.5. The predicted octanol–water partition coefficient (Wildman–Crippen LogP) is 5.09. The first-order valence-corrected chi connectivity index (χ1v) is 13.7. The molecule has 0 aliphatic rings. The van der Waals surface area contributed by atoms with E-state index in [1.807, 2.05) is 19.2 Å². The Morgan fingerprint density at radius 2 is 1.88 bits per heavy atom. The SMILES string of the molecule is CCN(C(=O)c1c([Si](C)(C)C)ccc(SC)c1Cl)C(OC)C(C)(C)C. The summed E-state index contributed by atoms with van der Waals surface area (Å²) in [5.74, 6) is -0.0393. The van der Waals surface area contributed by atoms with E-state index in [0.29, 0.717) is 17.1 Å². The Morgan fingerprint density at radius 3 is 2.24 bits per heavy atom. The van der Waals surface area contributed by atoms with E-state index >= 15 is 0 Å². The molecule has 0 saturated heterocycles. The fourth-order valence-electron chi connectivity index (χ4n) is 3.06. The van der Waals surface area contributed by atoms with E-state index in [-0.39, 0.29) is 17.6 Å². The van der Waals surface area contributed by atoms with Gasteiger partial charge in [0.1, 0.15) is 6.23 Å². The number of ether oxygens (including phenoxy) is 1. The second-order valence-electron chi connectivity index (χ2n) is 8.30. The molecule has 25 heavy (non-hydrogen) atoms. The summed E-state index contributed by atoms with van der Waals surface area (Å²) in [4.78, 5) is 16.3. The zero-order chi connectivity index (χ0) is 19.6. The summed E-state index contributed by atoms with van der Waals surface area (Å²) in [5, 5.41) is 1.67. The summed E-state index contributed by atoms with van der Waals surface area (Å²) in [5.41, 5.74) is 0.462. The van der Waals surface area contributed by atoms with Crippen molar-refractivity contribution in [1.29, 1.82) is 0 Å². The normalized spacial score (nSPS) is 13.7. The first-order chi connectivity index (χ1) is 11.4. The second kappa shape index (κ2) is 8.46. The van der Waals surface area contributed by atoms with Gasteiger partial charge in [-0.2, -0.15) is 0 Å². The average Bonchev–Trinajstić information content (AvgIpc) is 2.49. The topological polar surface area (TPSA) is 29.5 Å². The van der Waals surface area contributed by atoms with Gasteiger partial charge < -0.3 is 9.64 Å². The number of rotatable bonds is 6. The van der Waals surface area contributed by atoms with Gasteiger partial charge in [-0.1, -0.05) is 58.1 Å². The van der Waals surface area contributed by atoms with Crippen LogP contribution >= 0.6 is 23.4 Å². The minimum absolute atomic E-state index is 0.0393. The number of benzene rings is 1. The van der Waals surface area contributed by atoms with Crippen molar-refractivity contribution in [3.8, 4) is 0 Å². The molecule has 0 bridgehead atoms. The minimum Gasteiger partial charge on any atom is -0.361 e. The highest BCUT2D eigenvalue weighted by molar-refractivity contribution is 7.98. The number of amides is 1. The molecule has 1 aromatic carbocycles. The number of carbonyl (C=O) groups is 1. The van der Waals surface area contributed by atoms with Gasteiger partial charge in [0, 0.05) is 24.0 Å². The molecule has 0 N–H and O–H groups in total. The summed E-state index contributed by atoms with van der Waals surface area (Å²) < 4.78 is 5.70. The Bertz CT molecular complexity index is 623. The third-order valence-corrected chi connectivity index (χ3v) is 7.51. The van der Waals surface area contributed by atoms with Crippen LogP contribution in [0.25, 0.3) is 0 Å². The monoisotopic (exact) mass is 401 g/mol. The van der Waals surface area contributed by atoms with Gasteiger partial charge in [-0.25, -0.2) is 0 Å². The van der Waals surface area contributed by atoms with Crippen LogP contribution in [0.4, 0.5) is 0 Å². The maximum Gasteiger partial charge on any atom is 0.257 e. The van der Waals surface area contributed by atoms with Crippen LogP contribution in [0, 0.1) is 5.41 Å². The molecule has 0 saturated carbocycles. The maximum absolute atomic E-state index is 13.6. The van der Waals surface area contributed by atoms with Crippen molar-refractivity contribution < 1.29 is 9.53 Å². The number of methoxy groups -OCH3 is 1. The van der Waals surface area contributed by atoms with Crippen molar-refractivity contribution in [2.75, 3.05) is 19.9 Å².